The Morgan fingerprint density at radius 2 is 1.85 bits per heavy atom. The van der Waals surface area contributed by atoms with Gasteiger partial charge in [0, 0.05) is 23.3 Å². The molecule has 0 aliphatic carbocycles. The largest absolute Gasteiger partial charge is 0.415 e. The number of quaternary nitrogens is 1. The summed E-state index contributed by atoms with van der Waals surface area (Å²) < 4.78 is 5.83. The van der Waals surface area contributed by atoms with E-state index < -0.39 is 4.92 Å². The minimum atomic E-state index is -0.434. The zero-order chi connectivity index (χ0) is 19.6. The van der Waals surface area contributed by atoms with Gasteiger partial charge in [-0.05, 0) is 38.5 Å². The Hall–Kier alpha value is -3.06. The molecule has 0 radical (unpaired) electrons. The smallest absolute Gasteiger partial charge is 0.274 e. The molecule has 0 bridgehead atoms. The lowest BCUT2D eigenvalue weighted by Crippen LogP contribution is -3.07. The van der Waals surface area contributed by atoms with Crippen LogP contribution < -0.4 is 4.90 Å². The van der Waals surface area contributed by atoms with Crippen LogP contribution in [0.25, 0.3) is 11.5 Å². The average molecular weight is 367 g/mol. The van der Waals surface area contributed by atoms with Crippen molar-refractivity contribution in [3.05, 3.63) is 75.2 Å². The Morgan fingerprint density at radius 1 is 1.15 bits per heavy atom. The Morgan fingerprint density at radius 3 is 2.48 bits per heavy atom. The number of nitro benzene ring substituents is 1. The summed E-state index contributed by atoms with van der Waals surface area (Å²) in [6.07, 6.45) is 0. The number of aryl methyl sites for hydroxylation is 2. The Labute approximate surface area is 157 Å². The lowest BCUT2D eigenvalue weighted by Gasteiger charge is -2.20. The lowest BCUT2D eigenvalue weighted by molar-refractivity contribution is -0.925. The molecule has 1 aromatic heterocycles. The number of non-ortho nitro benzene ring substituents is 1. The van der Waals surface area contributed by atoms with Gasteiger partial charge in [-0.1, -0.05) is 23.8 Å². The number of hydrogen-bond acceptors (Lipinski definition) is 5. The summed E-state index contributed by atoms with van der Waals surface area (Å²) in [5.74, 6) is 0.914. The molecule has 1 N–H and O–H groups in total. The van der Waals surface area contributed by atoms with E-state index >= 15 is 0 Å². The van der Waals surface area contributed by atoms with Crippen LogP contribution in [0.3, 0.4) is 0 Å². The van der Waals surface area contributed by atoms with E-state index in [2.05, 4.69) is 49.3 Å². The molecule has 140 valence electrons. The monoisotopic (exact) mass is 367 g/mol. The Kier molecular flexibility index (Phi) is 5.32. The molecular weight excluding hydrogens is 344 g/mol. The fraction of sp³-hybridized carbons (Fsp3) is 0.300. The standard InChI is InChI=1S/C20H22N4O3/c1-13-5-6-17(14(2)11-13)12-23(4)15(3)19-21-22-20(27-19)16-7-9-18(10-8-16)24(25)26/h5-11,15H,12H2,1-4H3/p+1/t15-/m0/s1. The van der Waals surface area contributed by atoms with Crippen LogP contribution in [0, 0.1) is 24.0 Å². The van der Waals surface area contributed by atoms with Crippen molar-refractivity contribution < 1.29 is 14.2 Å². The molecule has 3 rings (SSSR count). The molecule has 7 nitrogen and oxygen atoms in total. The van der Waals surface area contributed by atoms with Crippen LogP contribution in [-0.2, 0) is 6.54 Å². The summed E-state index contributed by atoms with van der Waals surface area (Å²) in [6.45, 7) is 7.11. The van der Waals surface area contributed by atoms with Crippen molar-refractivity contribution in [2.45, 2.75) is 33.4 Å². The van der Waals surface area contributed by atoms with Crippen molar-refractivity contribution in [2.75, 3.05) is 7.05 Å². The molecule has 0 saturated carbocycles. The first-order valence-electron chi connectivity index (χ1n) is 8.82. The molecule has 0 aliphatic rings. The quantitative estimate of drug-likeness (QED) is 0.534. The van der Waals surface area contributed by atoms with E-state index in [1.165, 1.54) is 33.7 Å². The molecule has 0 amide bonds. The molecule has 2 aromatic carbocycles. The number of benzene rings is 2. The van der Waals surface area contributed by atoms with Crippen LogP contribution >= 0.6 is 0 Å². The summed E-state index contributed by atoms with van der Waals surface area (Å²) in [4.78, 5) is 11.6. The van der Waals surface area contributed by atoms with Gasteiger partial charge in [0.1, 0.15) is 6.54 Å². The van der Waals surface area contributed by atoms with E-state index in [0.29, 0.717) is 17.3 Å². The highest BCUT2D eigenvalue weighted by Gasteiger charge is 2.23. The number of nitro groups is 1. The number of nitrogens with zero attached hydrogens (tertiary/aromatic N) is 3. The molecule has 0 saturated heterocycles. The highest BCUT2D eigenvalue weighted by atomic mass is 16.6. The summed E-state index contributed by atoms with van der Waals surface area (Å²) in [5, 5.41) is 19.0. The second-order valence-electron chi connectivity index (χ2n) is 6.92. The van der Waals surface area contributed by atoms with Gasteiger partial charge in [0.25, 0.3) is 11.6 Å². The maximum Gasteiger partial charge on any atom is 0.274 e. The fourth-order valence-electron chi connectivity index (χ4n) is 2.96. The SMILES string of the molecule is Cc1ccc(C[NH+](C)[C@@H](C)c2nnc(-c3ccc([N+](=O)[O-])cc3)o2)c(C)c1. The Balaban J connectivity index is 1.73. The molecule has 0 fully saturated rings. The molecule has 0 spiro atoms. The first-order chi connectivity index (χ1) is 12.8. The zero-order valence-electron chi connectivity index (χ0n) is 15.9. The van der Waals surface area contributed by atoms with Crippen LogP contribution in [0.2, 0.25) is 0 Å². The zero-order valence-corrected chi connectivity index (χ0v) is 15.9. The van der Waals surface area contributed by atoms with Gasteiger partial charge in [-0.25, -0.2) is 0 Å². The molecule has 1 unspecified atom stereocenters. The summed E-state index contributed by atoms with van der Waals surface area (Å²) >= 11 is 0. The first kappa shape index (κ1) is 18.7. The predicted molar refractivity (Wildman–Crippen MR) is 101 cm³/mol. The predicted octanol–water partition coefficient (Wildman–Crippen LogP) is 3.04. The number of rotatable bonds is 6. The van der Waals surface area contributed by atoms with Crippen molar-refractivity contribution in [2.24, 2.45) is 0 Å². The molecule has 0 aliphatic heterocycles. The van der Waals surface area contributed by atoms with Crippen molar-refractivity contribution in [3.63, 3.8) is 0 Å². The molecule has 3 aromatic rings. The molecule has 27 heavy (non-hydrogen) atoms. The van der Waals surface area contributed by atoms with Crippen molar-refractivity contribution in [1.29, 1.82) is 0 Å². The minimum Gasteiger partial charge on any atom is -0.415 e. The van der Waals surface area contributed by atoms with Crippen LogP contribution in [0.4, 0.5) is 5.69 Å². The van der Waals surface area contributed by atoms with Crippen LogP contribution in [0.5, 0.6) is 0 Å². The van der Waals surface area contributed by atoms with Gasteiger partial charge >= 0.3 is 0 Å². The van der Waals surface area contributed by atoms with E-state index in [1.807, 2.05) is 6.92 Å². The van der Waals surface area contributed by atoms with Gasteiger partial charge in [0.2, 0.25) is 5.89 Å². The van der Waals surface area contributed by atoms with E-state index in [-0.39, 0.29) is 11.7 Å². The second kappa shape index (κ2) is 7.67. The van der Waals surface area contributed by atoms with Crippen LogP contribution in [0.1, 0.15) is 35.5 Å². The summed E-state index contributed by atoms with van der Waals surface area (Å²) in [7, 11) is 2.10. The van der Waals surface area contributed by atoms with E-state index in [1.54, 1.807) is 12.1 Å². The molecule has 7 heteroatoms. The highest BCUT2D eigenvalue weighted by molar-refractivity contribution is 5.55. The van der Waals surface area contributed by atoms with E-state index in [4.69, 9.17) is 4.42 Å². The highest BCUT2D eigenvalue weighted by Crippen LogP contribution is 2.22. The third kappa shape index (κ3) is 4.20. The van der Waals surface area contributed by atoms with Crippen LogP contribution in [-0.4, -0.2) is 22.2 Å². The number of hydrogen-bond donors (Lipinski definition) is 1. The molecule has 1 heterocycles. The first-order valence-corrected chi connectivity index (χ1v) is 8.82. The normalized spacial score (nSPS) is 13.3. The fourth-order valence-corrected chi connectivity index (χ4v) is 2.96. The van der Waals surface area contributed by atoms with E-state index in [0.717, 1.165) is 6.54 Å². The summed E-state index contributed by atoms with van der Waals surface area (Å²) in [5.41, 5.74) is 4.52. The van der Waals surface area contributed by atoms with Gasteiger partial charge in [-0.3, -0.25) is 10.1 Å². The van der Waals surface area contributed by atoms with E-state index in [9.17, 15) is 10.1 Å². The average Bonchev–Trinajstić information content (AvgIpc) is 3.13. The van der Waals surface area contributed by atoms with Gasteiger partial charge in [0.15, 0.2) is 6.04 Å². The third-order valence-corrected chi connectivity index (χ3v) is 4.84. The van der Waals surface area contributed by atoms with Gasteiger partial charge in [-0.15, -0.1) is 10.2 Å². The molecule has 2 atom stereocenters. The maximum absolute atomic E-state index is 10.8. The third-order valence-electron chi connectivity index (χ3n) is 4.84. The number of nitrogens with one attached hydrogen (secondary N) is 1. The molecular formula is C20H23N4O3+. The van der Waals surface area contributed by atoms with Gasteiger partial charge in [0.05, 0.1) is 12.0 Å². The second-order valence-corrected chi connectivity index (χ2v) is 6.92. The van der Waals surface area contributed by atoms with Crippen molar-refractivity contribution in [1.82, 2.24) is 10.2 Å². The maximum atomic E-state index is 10.8. The Bertz CT molecular complexity index is 950. The van der Waals surface area contributed by atoms with Gasteiger partial charge in [-0.2, -0.15) is 0 Å². The van der Waals surface area contributed by atoms with Gasteiger partial charge < -0.3 is 9.32 Å². The minimum absolute atomic E-state index is 0.0185. The van der Waals surface area contributed by atoms with Crippen molar-refractivity contribution in [3.8, 4) is 11.5 Å². The number of aromatic nitrogens is 2. The summed E-state index contributed by atoms with van der Waals surface area (Å²) in [6, 6.07) is 12.6. The van der Waals surface area contributed by atoms with Crippen LogP contribution in [0.15, 0.2) is 46.9 Å². The van der Waals surface area contributed by atoms with Crippen molar-refractivity contribution >= 4 is 5.69 Å². The topological polar surface area (TPSA) is 86.5 Å². The lowest BCUT2D eigenvalue weighted by atomic mass is 10.1.